The number of rotatable bonds is 5. The number of aliphatic imine (C=N–C) groups is 1. The maximum atomic E-state index is 4.92. The molecule has 4 rings (SSSR count). The van der Waals surface area contributed by atoms with Crippen LogP contribution in [0.15, 0.2) is 58.2 Å². The van der Waals surface area contributed by atoms with Crippen LogP contribution in [0.25, 0.3) is 10.9 Å². The van der Waals surface area contributed by atoms with Gasteiger partial charge in [0.15, 0.2) is 5.96 Å². The Morgan fingerprint density at radius 1 is 1.07 bits per heavy atom. The summed E-state index contributed by atoms with van der Waals surface area (Å²) >= 11 is 0. The maximum Gasteiger partial charge on any atom is 0.193 e. The zero-order valence-corrected chi connectivity index (χ0v) is 16.2. The minimum atomic E-state index is 0.817. The molecular weight excluding hydrogens is 352 g/mol. The van der Waals surface area contributed by atoms with Gasteiger partial charge in [0.2, 0.25) is 0 Å². The Morgan fingerprint density at radius 2 is 1.93 bits per heavy atom. The van der Waals surface area contributed by atoms with Crippen molar-refractivity contribution < 1.29 is 4.52 Å². The predicted octanol–water partition coefficient (Wildman–Crippen LogP) is 2.16. The first kappa shape index (κ1) is 18.4. The molecule has 1 N–H and O–H groups in total. The smallest absolute Gasteiger partial charge is 0.193 e. The number of nitrogens with zero attached hydrogens (tertiary/aromatic N) is 5. The lowest BCUT2D eigenvalue weighted by atomic mass is 10.2. The number of benzene rings is 1. The van der Waals surface area contributed by atoms with Crippen molar-refractivity contribution in [3.05, 3.63) is 60.1 Å². The summed E-state index contributed by atoms with van der Waals surface area (Å²) in [6.07, 6.45) is 2.50. The number of piperazine rings is 1. The summed E-state index contributed by atoms with van der Waals surface area (Å²) in [6.45, 7) is 5.53. The summed E-state index contributed by atoms with van der Waals surface area (Å²) in [5.74, 6) is 0.960. The highest BCUT2D eigenvalue weighted by atomic mass is 16.5. The molecule has 0 atom stereocenters. The number of hydrogen-bond acceptors (Lipinski definition) is 5. The average Bonchev–Trinajstić information content (AvgIpc) is 3.25. The molecule has 2 aromatic heterocycles. The second kappa shape index (κ2) is 8.84. The van der Waals surface area contributed by atoms with Crippen molar-refractivity contribution in [1.29, 1.82) is 0 Å². The minimum Gasteiger partial charge on any atom is -0.364 e. The fraction of sp³-hybridized carbons (Fsp3) is 0.381. The molecule has 1 fully saturated rings. The lowest BCUT2D eigenvalue weighted by Crippen LogP contribution is -2.52. The molecule has 7 heteroatoms. The van der Waals surface area contributed by atoms with Crippen molar-refractivity contribution >= 4 is 16.9 Å². The Morgan fingerprint density at radius 3 is 2.71 bits per heavy atom. The lowest BCUT2D eigenvalue weighted by Gasteiger charge is -2.36. The van der Waals surface area contributed by atoms with E-state index in [-0.39, 0.29) is 0 Å². The SMILES string of the molecule is CN=C(NCCc1ccc2ccccc2n1)N1CCN(Cc2ccon2)CC1. The summed E-state index contributed by atoms with van der Waals surface area (Å²) in [4.78, 5) is 13.9. The van der Waals surface area contributed by atoms with Gasteiger partial charge in [-0.15, -0.1) is 0 Å². The molecule has 0 unspecified atom stereocenters. The van der Waals surface area contributed by atoms with Crippen LogP contribution in [0, 0.1) is 0 Å². The lowest BCUT2D eigenvalue weighted by molar-refractivity contribution is 0.169. The quantitative estimate of drug-likeness (QED) is 0.542. The molecule has 1 aliphatic rings. The number of nitrogens with one attached hydrogen (secondary N) is 1. The van der Waals surface area contributed by atoms with Crippen molar-refractivity contribution in [3.63, 3.8) is 0 Å². The molecule has 0 spiro atoms. The molecule has 0 amide bonds. The normalized spacial score (nSPS) is 15.9. The van der Waals surface area contributed by atoms with E-state index in [4.69, 9.17) is 9.51 Å². The third-order valence-corrected chi connectivity index (χ3v) is 5.08. The predicted molar refractivity (Wildman–Crippen MR) is 110 cm³/mol. The number of fused-ring (bicyclic) bond motifs is 1. The van der Waals surface area contributed by atoms with Gasteiger partial charge in [-0.1, -0.05) is 29.4 Å². The fourth-order valence-corrected chi connectivity index (χ4v) is 3.55. The minimum absolute atomic E-state index is 0.817. The van der Waals surface area contributed by atoms with Crippen molar-refractivity contribution in [1.82, 2.24) is 25.3 Å². The van der Waals surface area contributed by atoms with Gasteiger partial charge in [0.25, 0.3) is 0 Å². The van der Waals surface area contributed by atoms with E-state index < -0.39 is 0 Å². The van der Waals surface area contributed by atoms with E-state index >= 15 is 0 Å². The molecule has 3 aromatic rings. The molecule has 1 aromatic carbocycles. The van der Waals surface area contributed by atoms with E-state index in [1.54, 1.807) is 6.26 Å². The van der Waals surface area contributed by atoms with Crippen LogP contribution in [-0.4, -0.2) is 65.7 Å². The van der Waals surface area contributed by atoms with Gasteiger partial charge in [-0.2, -0.15) is 0 Å². The molecule has 0 bridgehead atoms. The first-order valence-corrected chi connectivity index (χ1v) is 9.74. The zero-order valence-electron chi connectivity index (χ0n) is 16.2. The number of para-hydroxylation sites is 1. The third kappa shape index (κ3) is 4.48. The first-order valence-electron chi connectivity index (χ1n) is 9.74. The summed E-state index contributed by atoms with van der Waals surface area (Å²) in [5.41, 5.74) is 3.13. The Labute approximate surface area is 165 Å². The zero-order chi connectivity index (χ0) is 19.2. The molecule has 1 aliphatic heterocycles. The second-order valence-electron chi connectivity index (χ2n) is 6.97. The van der Waals surface area contributed by atoms with Gasteiger partial charge in [0.1, 0.15) is 6.26 Å². The third-order valence-electron chi connectivity index (χ3n) is 5.08. The Hall–Kier alpha value is -2.93. The van der Waals surface area contributed by atoms with Crippen molar-refractivity contribution in [2.24, 2.45) is 4.99 Å². The monoisotopic (exact) mass is 378 g/mol. The number of hydrogen-bond donors (Lipinski definition) is 1. The van der Waals surface area contributed by atoms with E-state index in [1.165, 1.54) is 5.39 Å². The van der Waals surface area contributed by atoms with E-state index in [9.17, 15) is 0 Å². The molecule has 0 aliphatic carbocycles. The first-order chi connectivity index (χ1) is 13.8. The van der Waals surface area contributed by atoms with Crippen molar-refractivity contribution in [2.45, 2.75) is 13.0 Å². The Bertz CT molecular complexity index is 916. The van der Waals surface area contributed by atoms with Crippen LogP contribution in [0.3, 0.4) is 0 Å². The summed E-state index contributed by atoms with van der Waals surface area (Å²) in [5, 5.41) is 8.66. The van der Waals surface area contributed by atoms with Crippen LogP contribution in [0.2, 0.25) is 0 Å². The van der Waals surface area contributed by atoms with Gasteiger partial charge in [-0.25, -0.2) is 0 Å². The maximum absolute atomic E-state index is 4.92. The van der Waals surface area contributed by atoms with Crippen molar-refractivity contribution in [3.8, 4) is 0 Å². The standard InChI is InChI=1S/C21H26N6O/c1-22-21(27-13-11-26(12-14-27)16-19-9-15-28-25-19)23-10-8-18-7-6-17-4-2-3-5-20(17)24-18/h2-7,9,15H,8,10-14,16H2,1H3,(H,22,23). The van der Waals surface area contributed by atoms with Gasteiger partial charge in [0, 0.05) is 69.9 Å². The largest absolute Gasteiger partial charge is 0.364 e. The second-order valence-corrected chi connectivity index (χ2v) is 6.97. The Kier molecular flexibility index (Phi) is 5.82. The van der Waals surface area contributed by atoms with Crippen LogP contribution in [-0.2, 0) is 13.0 Å². The average molecular weight is 378 g/mol. The summed E-state index contributed by atoms with van der Waals surface area (Å²) in [7, 11) is 1.85. The van der Waals surface area contributed by atoms with Gasteiger partial charge in [0.05, 0.1) is 11.2 Å². The van der Waals surface area contributed by atoms with Crippen LogP contribution in [0.4, 0.5) is 0 Å². The van der Waals surface area contributed by atoms with Crippen LogP contribution >= 0.6 is 0 Å². The van der Waals surface area contributed by atoms with E-state index in [0.29, 0.717) is 0 Å². The molecule has 3 heterocycles. The summed E-state index contributed by atoms with van der Waals surface area (Å²) in [6, 6.07) is 14.4. The molecule has 1 saturated heterocycles. The van der Waals surface area contributed by atoms with Crippen LogP contribution < -0.4 is 5.32 Å². The fourth-order valence-electron chi connectivity index (χ4n) is 3.55. The van der Waals surface area contributed by atoms with Gasteiger partial charge < -0.3 is 14.7 Å². The van der Waals surface area contributed by atoms with Crippen LogP contribution in [0.1, 0.15) is 11.4 Å². The molecule has 0 saturated carbocycles. The molecule has 146 valence electrons. The topological polar surface area (TPSA) is 69.8 Å². The highest BCUT2D eigenvalue weighted by molar-refractivity contribution is 5.80. The van der Waals surface area contributed by atoms with E-state index in [1.807, 2.05) is 25.2 Å². The Balaban J connectivity index is 1.25. The molecular formula is C21H26N6O. The number of guanidine groups is 1. The molecule has 0 radical (unpaired) electrons. The number of aromatic nitrogens is 2. The van der Waals surface area contributed by atoms with Gasteiger partial charge in [-0.05, 0) is 12.1 Å². The summed E-state index contributed by atoms with van der Waals surface area (Å²) < 4.78 is 4.92. The highest BCUT2D eigenvalue weighted by Crippen LogP contribution is 2.12. The highest BCUT2D eigenvalue weighted by Gasteiger charge is 2.20. The molecule has 7 nitrogen and oxygen atoms in total. The molecule has 28 heavy (non-hydrogen) atoms. The van der Waals surface area contributed by atoms with Gasteiger partial charge >= 0.3 is 0 Å². The van der Waals surface area contributed by atoms with Gasteiger partial charge in [-0.3, -0.25) is 14.9 Å². The van der Waals surface area contributed by atoms with E-state index in [2.05, 4.69) is 49.5 Å². The number of pyridine rings is 1. The van der Waals surface area contributed by atoms with E-state index in [0.717, 1.165) is 68.6 Å². The van der Waals surface area contributed by atoms with Crippen LogP contribution in [0.5, 0.6) is 0 Å². The van der Waals surface area contributed by atoms with Crippen molar-refractivity contribution in [2.75, 3.05) is 39.8 Å².